The van der Waals surface area contributed by atoms with Crippen molar-refractivity contribution in [2.45, 2.75) is 152 Å². The molecule has 6 heterocycles. The van der Waals surface area contributed by atoms with E-state index in [1.54, 1.807) is 6.92 Å². The summed E-state index contributed by atoms with van der Waals surface area (Å²) in [5.41, 5.74) is -1.72. The van der Waals surface area contributed by atoms with Gasteiger partial charge in [0.05, 0.1) is 148 Å². The molecule has 0 bridgehead atoms. The van der Waals surface area contributed by atoms with Gasteiger partial charge >= 0.3 is 46.7 Å². The number of phosphoric ester groups is 5. The van der Waals surface area contributed by atoms with Gasteiger partial charge in [-0.2, -0.15) is 0 Å². The van der Waals surface area contributed by atoms with Gasteiger partial charge in [-0.1, -0.05) is 27.7 Å². The number of imidazole rings is 1. The zero-order chi connectivity index (χ0) is 83.7. The quantitative estimate of drug-likeness (QED) is 0.0175. The van der Waals surface area contributed by atoms with E-state index in [2.05, 4.69) is 20.3 Å². The van der Waals surface area contributed by atoms with Gasteiger partial charge < -0.3 is 147 Å². The van der Waals surface area contributed by atoms with Crippen molar-refractivity contribution >= 4 is 63.8 Å². The highest BCUT2D eigenvalue weighted by molar-refractivity contribution is 7.53. The molecule has 17 N–H and O–H groups in total. The van der Waals surface area contributed by atoms with Crippen LogP contribution >= 0.6 is 46.7 Å². The van der Waals surface area contributed by atoms with Crippen LogP contribution in [0.1, 0.15) is 53.0 Å². The van der Waals surface area contributed by atoms with Gasteiger partial charge in [0.25, 0.3) is 0 Å². The first-order chi connectivity index (χ1) is 53.1. The molecule has 0 aromatic carbocycles. The molecule has 51 nitrogen and oxygen atoms in total. The summed E-state index contributed by atoms with van der Waals surface area (Å²) in [5, 5.41) is 103. The van der Waals surface area contributed by atoms with Gasteiger partial charge in [0, 0.05) is 31.1 Å². The third kappa shape index (κ3) is 32.0. The molecule has 0 aliphatic carbocycles. The highest BCUT2D eigenvalue weighted by atomic mass is 31.2. The van der Waals surface area contributed by atoms with Gasteiger partial charge in [0.2, 0.25) is 5.91 Å². The molecule has 6 rings (SSSR count). The third-order valence-electron chi connectivity index (χ3n) is 17.1. The number of amides is 1. The minimum atomic E-state index is -5.44. The molecule has 2 aromatic rings. The van der Waals surface area contributed by atoms with E-state index in [-0.39, 0.29) is 6.42 Å². The van der Waals surface area contributed by atoms with E-state index in [0.29, 0.717) is 16.9 Å². The highest BCUT2D eigenvalue weighted by Crippen LogP contribution is 2.52. The summed E-state index contributed by atoms with van der Waals surface area (Å²) in [6, 6.07) is -1.41. The fourth-order valence-electron chi connectivity index (χ4n) is 10.7. The van der Waals surface area contributed by atoms with E-state index in [4.69, 9.17) is 107 Å². The van der Waals surface area contributed by atoms with E-state index >= 15 is 0 Å². The summed E-state index contributed by atoms with van der Waals surface area (Å²) in [6.07, 6.45) is -18.1. The Bertz CT molecular complexity index is 3400. The summed E-state index contributed by atoms with van der Waals surface area (Å²) < 4.78 is 202. The van der Waals surface area contributed by atoms with Crippen molar-refractivity contribution in [2.75, 3.05) is 146 Å². The molecule has 57 heteroatoms. The SMILES string of the molecule is CC(=O)NC1[C@H](OCCOP(=O)(O)OCOCC(COCOP(=O)(O)OCCO[C@@H]2OC(CO)[C@H](O)[C@H](O)C2C)(COCOP(=O)(O)OCCO[C@@H]2OC(CO)[C@H](O)[C@H](O)C2C)COP(=O)(O)OCOCC(CO)COCOP(=O)(O)O[C@H]2C[C@H](n3cnc4c(C)ncnc43)O[C@@H]2COP(=O)(O)C(C)C)OC(CO)[C@H](O)[C@@H]1O. The lowest BCUT2D eigenvalue weighted by Gasteiger charge is -2.42. The molecule has 13 unspecified atom stereocenters. The number of hydrogen-bond acceptors (Lipinski definition) is 43. The molecule has 0 saturated carbocycles. The maximum absolute atomic E-state index is 13.6. The van der Waals surface area contributed by atoms with Crippen LogP contribution in [-0.2, 0) is 139 Å². The number of ether oxygens (including phenoxy) is 12. The zero-order valence-corrected chi connectivity index (χ0v) is 67.2. The van der Waals surface area contributed by atoms with Crippen molar-refractivity contribution in [2.24, 2.45) is 23.2 Å². The first-order valence-electron chi connectivity index (χ1n) is 34.5. The fraction of sp³-hybridized carbons (Fsp3) is 0.893. The van der Waals surface area contributed by atoms with Crippen LogP contribution in [-0.4, -0.2) is 350 Å². The molecule has 25 atom stereocenters. The van der Waals surface area contributed by atoms with Crippen LogP contribution in [0.4, 0.5) is 0 Å². The van der Waals surface area contributed by atoms with E-state index in [1.165, 1.54) is 44.9 Å². The number of aliphatic hydroxyl groups is 10. The normalized spacial score (nSPS) is 31.2. The lowest BCUT2D eigenvalue weighted by molar-refractivity contribution is -0.283. The topological polar surface area (TPSA) is 711 Å². The number of nitrogens with zero attached hydrogens (tertiary/aromatic N) is 4. The van der Waals surface area contributed by atoms with Crippen molar-refractivity contribution in [1.29, 1.82) is 0 Å². The van der Waals surface area contributed by atoms with Crippen molar-refractivity contribution < 1.29 is 219 Å². The van der Waals surface area contributed by atoms with E-state index < -0.39 is 326 Å². The second kappa shape index (κ2) is 46.7. The van der Waals surface area contributed by atoms with Crippen molar-refractivity contribution in [1.82, 2.24) is 24.8 Å². The fourth-order valence-corrected chi connectivity index (χ4v) is 14.7. The molecule has 0 spiro atoms. The van der Waals surface area contributed by atoms with Crippen molar-refractivity contribution in [3.8, 4) is 0 Å². The number of aromatic nitrogens is 4. The van der Waals surface area contributed by atoms with Gasteiger partial charge in [-0.05, 0) is 6.92 Å². The molecule has 658 valence electrons. The average Bonchev–Trinajstić information content (AvgIpc) is 1.61. The van der Waals surface area contributed by atoms with Crippen LogP contribution in [0.15, 0.2) is 12.7 Å². The molecule has 4 aliphatic heterocycles. The Labute approximate surface area is 645 Å². The third-order valence-corrected chi connectivity index (χ3v) is 23.6. The van der Waals surface area contributed by atoms with E-state index in [9.17, 15) is 113 Å². The Hall–Kier alpha value is -2.16. The molecule has 4 saturated heterocycles. The van der Waals surface area contributed by atoms with Crippen molar-refractivity contribution in [3.63, 3.8) is 0 Å². The molecule has 2 aromatic heterocycles. The molecule has 1 amide bonds. The number of phosphoric acid groups is 5. The van der Waals surface area contributed by atoms with Gasteiger partial charge in [0.1, 0.15) is 79.0 Å². The number of rotatable bonds is 55. The Morgan fingerprint density at radius 1 is 0.531 bits per heavy atom. The Morgan fingerprint density at radius 3 is 1.40 bits per heavy atom. The van der Waals surface area contributed by atoms with E-state index in [1.807, 2.05) is 0 Å². The number of fused-ring (bicyclic) bond motifs is 1. The summed E-state index contributed by atoms with van der Waals surface area (Å²) >= 11 is 0. The van der Waals surface area contributed by atoms with Gasteiger partial charge in [-0.25, -0.2) is 37.8 Å². The number of hydrogen-bond donors (Lipinski definition) is 17. The molecule has 113 heavy (non-hydrogen) atoms. The van der Waals surface area contributed by atoms with Crippen molar-refractivity contribution in [3.05, 3.63) is 18.3 Å². The number of carbonyl (C=O) groups excluding carboxylic acids is 1. The summed E-state index contributed by atoms with van der Waals surface area (Å²) in [7, 11) is -30.2. The first-order valence-corrected chi connectivity index (χ1v) is 43.6. The predicted molar refractivity (Wildman–Crippen MR) is 367 cm³/mol. The number of aliphatic hydroxyl groups excluding tert-OH is 10. The standard InChI is InChI=1S/C56H103N5O46P6/c1-32(2)108(73,74)96-20-42-38(13-43(103-42)61-26-59-44-35(5)57-25-58-52(44)61)107-113(83,84)102-28-86-19-37(14-62)18-85-27-98-112(81,82)97-24-56(21-87-29-99-109(75,76)93-10-7-90-53-33(3)46(67)48(69)39(15-63)104-53,22-88-30-100-110(77,78)94-11-8-91-54-34(4)47(68)49(70)40(16-64)105-54)23-89-31-101-111(79,80)95-12-9-92-55-45(60-36(6)66)51(72)50(71)41(17-65)106-55/h25-26,32-34,37-43,45-51,53-55,62-65,67-72H,7-24,27-31H2,1-6H3,(H,60,66)(H,73,74)(H,75,76)(H,77,78)(H,79,80)(H,81,82)(H,83,84)/t33?,34?,37?,38-,39?,40?,41?,42+,43+,45?,46+,47+,48-,49-,50-,51+,53+,54+,55+,56?/m0/s1. The summed E-state index contributed by atoms with van der Waals surface area (Å²) in [5.74, 6) is -3.45. The molecular formula is C56H103N5O46P6. The van der Waals surface area contributed by atoms with Crippen LogP contribution in [0, 0.1) is 30.1 Å². The van der Waals surface area contributed by atoms with E-state index in [0.717, 1.165) is 6.92 Å². The van der Waals surface area contributed by atoms with Gasteiger partial charge in [-0.15, -0.1) is 0 Å². The summed E-state index contributed by atoms with van der Waals surface area (Å²) in [6.45, 7) is -9.74. The minimum absolute atomic E-state index is 0.152. The summed E-state index contributed by atoms with van der Waals surface area (Å²) in [4.78, 5) is 88.4. The number of nitrogens with one attached hydrogen (secondary N) is 1. The van der Waals surface area contributed by atoms with Crippen LogP contribution in [0.5, 0.6) is 0 Å². The van der Waals surface area contributed by atoms with Crippen LogP contribution < -0.4 is 5.32 Å². The van der Waals surface area contributed by atoms with Crippen LogP contribution in [0.25, 0.3) is 11.2 Å². The van der Waals surface area contributed by atoms with Crippen LogP contribution in [0.2, 0.25) is 0 Å². The molecule has 4 fully saturated rings. The van der Waals surface area contributed by atoms with Crippen LogP contribution in [0.3, 0.4) is 0 Å². The maximum Gasteiger partial charge on any atom is 0.474 e. The lowest BCUT2D eigenvalue weighted by atomic mass is 9.92. The predicted octanol–water partition coefficient (Wildman–Crippen LogP) is -3.32. The maximum atomic E-state index is 13.6. The Morgan fingerprint density at radius 2 is 0.956 bits per heavy atom. The Balaban J connectivity index is 1.09. The lowest BCUT2D eigenvalue weighted by Crippen LogP contribution is -2.64. The minimum Gasteiger partial charge on any atom is -0.396 e. The van der Waals surface area contributed by atoms with Gasteiger partial charge in [0.15, 0.2) is 58.5 Å². The smallest absolute Gasteiger partial charge is 0.396 e. The first kappa shape index (κ1) is 99.7. The average molecular weight is 1770 g/mol. The second-order valence-corrected chi connectivity index (χ2v) is 35.7. The molecule has 4 aliphatic rings. The highest BCUT2D eigenvalue weighted by Gasteiger charge is 2.49. The molecular weight excluding hydrogens is 1660 g/mol. The largest absolute Gasteiger partial charge is 0.474 e. The second-order valence-electron chi connectivity index (χ2n) is 26.1. The number of carbonyl (C=O) groups is 1. The monoisotopic (exact) mass is 1770 g/mol. The molecule has 0 radical (unpaired) electrons. The zero-order valence-electron chi connectivity index (χ0n) is 61.8. The number of aryl methyl sites for hydroxylation is 1. The van der Waals surface area contributed by atoms with Gasteiger partial charge in [-0.3, -0.25) is 59.2 Å². The Kier molecular flexibility index (Phi) is 41.2.